The summed E-state index contributed by atoms with van der Waals surface area (Å²) in [6, 6.07) is 33.1. The highest BCUT2D eigenvalue weighted by molar-refractivity contribution is 6.39. The van der Waals surface area contributed by atoms with Gasteiger partial charge in [-0.3, -0.25) is 0 Å². The Kier molecular flexibility index (Phi) is 20.0. The van der Waals surface area contributed by atoms with E-state index in [4.69, 9.17) is 37.2 Å². The van der Waals surface area contributed by atoms with Crippen molar-refractivity contribution in [3.05, 3.63) is 129 Å². The molecular weight excluding hydrogens is 720 g/mol. The minimum absolute atomic E-state index is 0.175. The summed E-state index contributed by atoms with van der Waals surface area (Å²) in [6.45, 7) is 7.15. The molecule has 4 nitrogen and oxygen atoms in total. The van der Waals surface area contributed by atoms with E-state index in [0.29, 0.717) is 21.5 Å². The first-order chi connectivity index (χ1) is 26.6. The second-order valence-electron chi connectivity index (χ2n) is 16.1. The van der Waals surface area contributed by atoms with Crippen molar-refractivity contribution in [3.63, 3.8) is 0 Å². The third-order valence-corrected chi connectivity index (χ3v) is 11.8. The van der Waals surface area contributed by atoms with Crippen molar-refractivity contribution in [2.75, 3.05) is 14.1 Å². The molecule has 0 heterocycles. The summed E-state index contributed by atoms with van der Waals surface area (Å²) in [5.74, 6) is 1.18. The molecule has 0 spiro atoms. The lowest BCUT2D eigenvalue weighted by Crippen LogP contribution is -2.56. The zero-order chi connectivity index (χ0) is 39.3. The Bertz CT molecular complexity index is 1580. The fourth-order valence-corrected chi connectivity index (χ4v) is 7.91. The quantitative estimate of drug-likeness (QED) is 0.0342. The number of unbranched alkanes of at least 4 members (excludes halogenated alkanes) is 12. The molecule has 0 saturated heterocycles. The summed E-state index contributed by atoms with van der Waals surface area (Å²) in [5.41, 5.74) is 4.57. The molecule has 4 aromatic rings. The Morgan fingerprint density at radius 3 is 1.49 bits per heavy atom. The van der Waals surface area contributed by atoms with Gasteiger partial charge in [-0.1, -0.05) is 180 Å². The first-order valence-corrected chi connectivity index (χ1v) is 21.8. The van der Waals surface area contributed by atoms with Crippen molar-refractivity contribution in [1.29, 1.82) is 0 Å². The largest absolute Gasteiger partial charge is 0.788 e. The molecule has 0 amide bonds. The van der Waals surface area contributed by atoms with Gasteiger partial charge in [-0.15, -0.1) is 0 Å². The van der Waals surface area contributed by atoms with Crippen LogP contribution >= 0.6 is 23.2 Å². The van der Waals surface area contributed by atoms with Crippen molar-refractivity contribution >= 4 is 30.5 Å². The highest BCUT2D eigenvalue weighted by Gasteiger charge is 2.41. The molecule has 4 aromatic carbocycles. The van der Waals surface area contributed by atoms with Crippen LogP contribution in [-0.4, -0.2) is 38.0 Å². The number of quaternary nitrogens is 1. The molecule has 0 radical (unpaired) electrons. The van der Waals surface area contributed by atoms with Crippen LogP contribution in [0.4, 0.5) is 0 Å². The summed E-state index contributed by atoms with van der Waals surface area (Å²) in [6.07, 6.45) is 19.9. The number of hydrogen-bond donors (Lipinski definition) is 0. The molecule has 4 rings (SSSR count). The maximum Gasteiger partial charge on any atom is 0.788 e. The molecule has 0 N–H and O–H groups in total. The van der Waals surface area contributed by atoms with Crippen LogP contribution in [0.1, 0.15) is 125 Å². The fourth-order valence-electron chi connectivity index (χ4n) is 7.57. The molecule has 0 aliphatic carbocycles. The van der Waals surface area contributed by atoms with E-state index in [1.54, 1.807) is 0 Å². The Morgan fingerprint density at radius 1 is 0.564 bits per heavy atom. The van der Waals surface area contributed by atoms with E-state index in [-0.39, 0.29) is 12.1 Å². The maximum absolute atomic E-state index is 7.12. The van der Waals surface area contributed by atoms with Crippen molar-refractivity contribution in [3.8, 4) is 11.5 Å². The van der Waals surface area contributed by atoms with Crippen LogP contribution in [-0.2, 0) is 17.6 Å². The fraction of sp³-hybridized carbons (Fsp3) is 0.500. The minimum atomic E-state index is -1.02. The number of aryl methyl sites for hydroxylation is 3. The molecule has 55 heavy (non-hydrogen) atoms. The van der Waals surface area contributed by atoms with Gasteiger partial charge >= 0.3 is 7.32 Å². The summed E-state index contributed by atoms with van der Waals surface area (Å²) >= 11 is 13.1. The topological polar surface area (TPSA) is 27.7 Å². The Labute approximate surface area is 344 Å². The molecule has 0 bridgehead atoms. The zero-order valence-corrected chi connectivity index (χ0v) is 35.9. The smallest absolute Gasteiger partial charge is 0.501 e. The van der Waals surface area contributed by atoms with Crippen molar-refractivity contribution in [1.82, 2.24) is 0 Å². The summed E-state index contributed by atoms with van der Waals surface area (Å²) < 4.78 is 21.0. The van der Waals surface area contributed by atoms with E-state index in [2.05, 4.69) is 81.7 Å². The maximum atomic E-state index is 7.12. The highest BCUT2D eigenvalue weighted by atomic mass is 35.5. The lowest BCUT2D eigenvalue weighted by molar-refractivity contribution is -0.931. The Hall–Kier alpha value is -2.96. The summed E-state index contributed by atoms with van der Waals surface area (Å²) in [7, 11) is 3.69. The van der Waals surface area contributed by atoms with E-state index >= 15 is 0 Å². The second kappa shape index (κ2) is 24.6. The summed E-state index contributed by atoms with van der Waals surface area (Å²) in [4.78, 5) is 0. The van der Waals surface area contributed by atoms with Crippen LogP contribution in [0.3, 0.4) is 0 Å². The highest BCUT2D eigenvalue weighted by Crippen LogP contribution is 2.30. The van der Waals surface area contributed by atoms with E-state index in [1.165, 1.54) is 88.2 Å². The van der Waals surface area contributed by atoms with E-state index in [0.717, 1.165) is 47.8 Å². The first kappa shape index (κ1) is 44.8. The third-order valence-electron chi connectivity index (χ3n) is 11.0. The van der Waals surface area contributed by atoms with Crippen LogP contribution < -0.4 is 9.31 Å². The monoisotopic (exact) mass is 786 g/mol. The lowest BCUT2D eigenvalue weighted by Gasteiger charge is -2.43. The van der Waals surface area contributed by atoms with Gasteiger partial charge in [0.2, 0.25) is 0 Å². The van der Waals surface area contributed by atoms with Gasteiger partial charge in [0.05, 0.1) is 20.2 Å². The van der Waals surface area contributed by atoms with E-state index in [9.17, 15) is 0 Å². The van der Waals surface area contributed by atoms with Gasteiger partial charge in [-0.05, 0) is 74.1 Å². The number of rotatable bonds is 27. The third kappa shape index (κ3) is 16.6. The molecule has 2 unspecified atom stereocenters. The molecule has 0 aromatic heterocycles. The van der Waals surface area contributed by atoms with Crippen LogP contribution in [0.5, 0.6) is 11.5 Å². The van der Waals surface area contributed by atoms with Crippen molar-refractivity contribution < 1.29 is 18.4 Å². The standard InChI is InChI=1S/C48H67BCl2NO3/c1-6-7-8-9-10-11-12-13-14-15-16-17-24-29-47(52(4,5)38-42-27-22-19-23-28-42)48(35-32-41-25-20-18-21-26-41)55-49(53-43-33-30-39(2)45(50)36-43)54-44-34-31-40(3)46(51)37-44/h18-23,25-28,30-31,33-34,36-37,47-48H,6-17,24,29,32,35,38H2,1-5H3/q+1. The van der Waals surface area contributed by atoms with Gasteiger partial charge in [-0.2, -0.15) is 0 Å². The molecule has 2 atom stereocenters. The second-order valence-corrected chi connectivity index (χ2v) is 16.9. The van der Waals surface area contributed by atoms with Crippen LogP contribution in [0, 0.1) is 13.8 Å². The number of hydrogen-bond acceptors (Lipinski definition) is 3. The average molecular weight is 788 g/mol. The van der Waals surface area contributed by atoms with Crippen LogP contribution in [0.25, 0.3) is 0 Å². The predicted molar refractivity (Wildman–Crippen MR) is 235 cm³/mol. The zero-order valence-electron chi connectivity index (χ0n) is 34.4. The van der Waals surface area contributed by atoms with Gasteiger partial charge < -0.3 is 18.4 Å². The predicted octanol–water partition coefficient (Wildman–Crippen LogP) is 14.2. The number of likely N-dealkylation sites (N-methyl/N-ethyl adjacent to an activating group) is 1. The van der Waals surface area contributed by atoms with Gasteiger partial charge in [0.25, 0.3) is 0 Å². The lowest BCUT2D eigenvalue weighted by atomic mass is 9.92. The first-order valence-electron chi connectivity index (χ1n) is 21.1. The number of benzene rings is 4. The van der Waals surface area contributed by atoms with Crippen LogP contribution in [0.2, 0.25) is 10.0 Å². The Balaban J connectivity index is 1.54. The number of nitrogens with zero attached hydrogens (tertiary/aromatic N) is 1. The normalized spacial score (nSPS) is 12.7. The Morgan fingerprint density at radius 2 is 1.02 bits per heavy atom. The molecular formula is C48H67BCl2NO3+. The molecule has 7 heteroatoms. The molecule has 0 aliphatic heterocycles. The molecule has 0 aliphatic rings. The average Bonchev–Trinajstić information content (AvgIpc) is 3.17. The van der Waals surface area contributed by atoms with Crippen molar-refractivity contribution in [2.45, 2.75) is 142 Å². The van der Waals surface area contributed by atoms with Gasteiger partial charge in [0.1, 0.15) is 24.1 Å². The SMILES string of the molecule is CCCCCCCCCCCCCCCC(C(CCc1ccccc1)OB(Oc1ccc(C)c(Cl)c1)Oc1ccc(C)c(Cl)c1)[N+](C)(C)Cc1ccccc1. The molecule has 0 fully saturated rings. The number of halogens is 2. The summed E-state index contributed by atoms with van der Waals surface area (Å²) in [5, 5.41) is 1.27. The molecule has 0 saturated carbocycles. The van der Waals surface area contributed by atoms with Gasteiger partial charge in [0.15, 0.2) is 0 Å². The minimum Gasteiger partial charge on any atom is -0.501 e. The van der Waals surface area contributed by atoms with E-state index < -0.39 is 7.32 Å². The van der Waals surface area contributed by atoms with Gasteiger partial charge in [0, 0.05) is 22.0 Å². The molecule has 298 valence electrons. The van der Waals surface area contributed by atoms with E-state index in [1.807, 2.05) is 50.2 Å². The van der Waals surface area contributed by atoms with Gasteiger partial charge in [-0.25, -0.2) is 0 Å². The van der Waals surface area contributed by atoms with Crippen molar-refractivity contribution in [2.24, 2.45) is 0 Å². The van der Waals surface area contributed by atoms with Crippen LogP contribution in [0.15, 0.2) is 97.1 Å².